The minimum atomic E-state index is -1.92. The SMILES string of the molecule is [B][P+](c1ccccc1)(c1ccccc1)[C@H]1CC[C@H](O)C1. The zero-order valence-electron chi connectivity index (χ0n) is 11.5. The second-order valence-electron chi connectivity index (χ2n) is 5.57. The summed E-state index contributed by atoms with van der Waals surface area (Å²) < 4.78 is 0. The highest BCUT2D eigenvalue weighted by Crippen LogP contribution is 2.60. The summed E-state index contributed by atoms with van der Waals surface area (Å²) in [4.78, 5) is 0. The Bertz CT molecular complexity index is 518. The van der Waals surface area contributed by atoms with Crippen molar-refractivity contribution in [1.29, 1.82) is 0 Å². The van der Waals surface area contributed by atoms with Crippen LogP contribution in [0.1, 0.15) is 19.3 Å². The third-order valence-electron chi connectivity index (χ3n) is 4.32. The second kappa shape index (κ2) is 5.72. The molecule has 0 bridgehead atoms. The lowest BCUT2D eigenvalue weighted by atomic mass is 10.3. The topological polar surface area (TPSA) is 20.2 Å². The molecule has 2 aromatic carbocycles. The van der Waals surface area contributed by atoms with Crippen molar-refractivity contribution in [2.24, 2.45) is 0 Å². The Kier molecular flexibility index (Phi) is 3.96. The van der Waals surface area contributed by atoms with Crippen LogP contribution in [0.2, 0.25) is 0 Å². The lowest BCUT2D eigenvalue weighted by molar-refractivity contribution is 0.183. The maximum absolute atomic E-state index is 9.92. The summed E-state index contributed by atoms with van der Waals surface area (Å²) in [5.41, 5.74) is 0.391. The molecular weight excluding hydrogens is 262 g/mol. The maximum Gasteiger partial charge on any atom is 0.377 e. The van der Waals surface area contributed by atoms with Crippen molar-refractivity contribution in [2.45, 2.75) is 31.0 Å². The quantitative estimate of drug-likeness (QED) is 0.677. The fourth-order valence-electron chi connectivity index (χ4n) is 3.22. The van der Waals surface area contributed by atoms with Gasteiger partial charge in [0, 0.05) is 13.6 Å². The van der Waals surface area contributed by atoms with Crippen molar-refractivity contribution in [2.75, 3.05) is 0 Å². The van der Waals surface area contributed by atoms with Crippen LogP contribution in [-0.4, -0.2) is 24.4 Å². The highest BCUT2D eigenvalue weighted by molar-refractivity contribution is 8.09. The van der Waals surface area contributed by atoms with Crippen molar-refractivity contribution in [3.8, 4) is 0 Å². The summed E-state index contributed by atoms with van der Waals surface area (Å²) in [7, 11) is 5.09. The van der Waals surface area contributed by atoms with E-state index in [9.17, 15) is 5.11 Å². The predicted molar refractivity (Wildman–Crippen MR) is 88.5 cm³/mol. The average Bonchev–Trinajstić information content (AvgIpc) is 2.95. The van der Waals surface area contributed by atoms with E-state index < -0.39 is 7.14 Å². The lowest BCUT2D eigenvalue weighted by Gasteiger charge is -2.29. The molecular formula is C17H19BOP+. The number of benzene rings is 2. The number of hydrogen-bond donors (Lipinski definition) is 1. The van der Waals surface area contributed by atoms with Crippen LogP contribution in [-0.2, 0) is 0 Å². The van der Waals surface area contributed by atoms with E-state index in [0.29, 0.717) is 5.66 Å². The monoisotopic (exact) mass is 281 g/mol. The van der Waals surface area contributed by atoms with Crippen molar-refractivity contribution in [3.63, 3.8) is 0 Å². The van der Waals surface area contributed by atoms with Crippen LogP contribution in [0, 0.1) is 0 Å². The highest BCUT2D eigenvalue weighted by atomic mass is 31.2. The molecule has 2 radical (unpaired) electrons. The molecule has 1 N–H and O–H groups in total. The van der Waals surface area contributed by atoms with E-state index in [1.54, 1.807) is 0 Å². The van der Waals surface area contributed by atoms with E-state index in [2.05, 4.69) is 48.5 Å². The molecule has 0 heterocycles. The molecule has 0 saturated heterocycles. The largest absolute Gasteiger partial charge is 0.393 e. The summed E-state index contributed by atoms with van der Waals surface area (Å²) in [6, 6.07) is 20.9. The molecule has 2 aromatic rings. The fraction of sp³-hybridized carbons (Fsp3) is 0.294. The third kappa shape index (κ3) is 2.43. The van der Waals surface area contributed by atoms with Crippen LogP contribution in [0.3, 0.4) is 0 Å². The smallest absolute Gasteiger partial charge is 0.377 e. The molecule has 3 rings (SSSR count). The molecule has 0 unspecified atom stereocenters. The van der Waals surface area contributed by atoms with Gasteiger partial charge in [-0.2, -0.15) is 0 Å². The molecule has 3 heteroatoms. The van der Waals surface area contributed by atoms with Gasteiger partial charge in [0.05, 0.1) is 22.4 Å². The van der Waals surface area contributed by atoms with E-state index in [0.717, 1.165) is 19.3 Å². The number of aliphatic hydroxyl groups is 1. The fourth-order valence-corrected chi connectivity index (χ4v) is 6.83. The minimum Gasteiger partial charge on any atom is -0.393 e. The summed E-state index contributed by atoms with van der Waals surface area (Å²) >= 11 is 0. The van der Waals surface area contributed by atoms with E-state index in [1.165, 1.54) is 10.6 Å². The standard InChI is InChI=1S/C17H19BOP/c18-20(15-7-3-1-4-8-15,16-9-5-2-6-10-16)17-12-11-14(19)13-17/h1-10,14,17,19H,11-13H2/q+1/t14-,17-/m0/s1. The zero-order valence-corrected chi connectivity index (χ0v) is 12.4. The van der Waals surface area contributed by atoms with Crippen molar-refractivity contribution < 1.29 is 5.11 Å². The first-order chi connectivity index (χ1) is 9.71. The maximum atomic E-state index is 9.92. The van der Waals surface area contributed by atoms with Gasteiger partial charge in [-0.05, 0) is 37.1 Å². The molecule has 0 aliphatic heterocycles. The Hall–Kier alpha value is -1.11. The van der Waals surface area contributed by atoms with Gasteiger partial charge in [-0.25, -0.2) is 0 Å². The summed E-state index contributed by atoms with van der Waals surface area (Å²) in [6.07, 6.45) is 2.54. The molecule has 1 nitrogen and oxygen atoms in total. The first kappa shape index (κ1) is 13.9. The molecule has 0 aromatic heterocycles. The molecule has 0 amide bonds. The number of aliphatic hydroxyl groups excluding tert-OH is 1. The number of rotatable bonds is 3. The van der Waals surface area contributed by atoms with Gasteiger partial charge in [-0.3, -0.25) is 0 Å². The van der Waals surface area contributed by atoms with Crippen LogP contribution >= 0.6 is 7.14 Å². The van der Waals surface area contributed by atoms with Crippen molar-refractivity contribution >= 4 is 25.3 Å². The number of hydrogen-bond acceptors (Lipinski definition) is 1. The minimum absolute atomic E-state index is 0.185. The molecule has 1 fully saturated rings. The van der Waals surface area contributed by atoms with Gasteiger partial charge in [0.2, 0.25) is 0 Å². The van der Waals surface area contributed by atoms with Gasteiger partial charge in [0.15, 0.2) is 0 Å². The highest BCUT2D eigenvalue weighted by Gasteiger charge is 2.48. The van der Waals surface area contributed by atoms with Gasteiger partial charge in [-0.15, -0.1) is 0 Å². The Morgan fingerprint density at radius 1 is 0.850 bits per heavy atom. The van der Waals surface area contributed by atoms with Crippen molar-refractivity contribution in [3.05, 3.63) is 60.7 Å². The molecule has 1 aliphatic rings. The van der Waals surface area contributed by atoms with E-state index in [1.807, 2.05) is 12.1 Å². The summed E-state index contributed by atoms with van der Waals surface area (Å²) in [6.45, 7) is 0. The molecule has 20 heavy (non-hydrogen) atoms. The zero-order chi connectivity index (χ0) is 14.0. The van der Waals surface area contributed by atoms with Crippen LogP contribution < -0.4 is 10.6 Å². The summed E-state index contributed by atoms with van der Waals surface area (Å²) in [5.74, 6) is 0. The van der Waals surface area contributed by atoms with Crippen molar-refractivity contribution in [1.82, 2.24) is 0 Å². The summed E-state index contributed by atoms with van der Waals surface area (Å²) in [5, 5.41) is 12.4. The van der Waals surface area contributed by atoms with Crippen LogP contribution in [0.15, 0.2) is 60.7 Å². The Labute approximate surface area is 122 Å². The van der Waals surface area contributed by atoms with Crippen LogP contribution in [0.4, 0.5) is 0 Å². The molecule has 100 valence electrons. The molecule has 1 aliphatic carbocycles. The first-order valence-corrected chi connectivity index (χ1v) is 9.10. The van der Waals surface area contributed by atoms with Gasteiger partial charge in [0.1, 0.15) is 0 Å². The predicted octanol–water partition coefficient (Wildman–Crippen LogP) is 2.65. The Balaban J connectivity index is 2.08. The van der Waals surface area contributed by atoms with E-state index in [4.69, 9.17) is 7.57 Å². The average molecular weight is 281 g/mol. The van der Waals surface area contributed by atoms with Gasteiger partial charge in [-0.1, -0.05) is 36.4 Å². The van der Waals surface area contributed by atoms with Gasteiger partial charge >= 0.3 is 7.57 Å². The van der Waals surface area contributed by atoms with Crippen LogP contribution in [0.5, 0.6) is 0 Å². The van der Waals surface area contributed by atoms with E-state index >= 15 is 0 Å². The second-order valence-corrected chi connectivity index (χ2v) is 8.89. The first-order valence-electron chi connectivity index (χ1n) is 7.18. The molecule has 1 saturated carbocycles. The molecule has 0 spiro atoms. The van der Waals surface area contributed by atoms with Gasteiger partial charge in [0.25, 0.3) is 0 Å². The van der Waals surface area contributed by atoms with E-state index in [-0.39, 0.29) is 6.10 Å². The Morgan fingerprint density at radius 2 is 1.35 bits per heavy atom. The molecule has 2 atom stereocenters. The lowest BCUT2D eigenvalue weighted by Crippen LogP contribution is -2.30. The Morgan fingerprint density at radius 3 is 1.75 bits per heavy atom. The third-order valence-corrected chi connectivity index (χ3v) is 8.25. The normalized spacial score (nSPS) is 22.9. The van der Waals surface area contributed by atoms with Crippen LogP contribution in [0.25, 0.3) is 0 Å². The van der Waals surface area contributed by atoms with Gasteiger partial charge < -0.3 is 5.11 Å².